The van der Waals surface area contributed by atoms with Crippen LogP contribution in [0.2, 0.25) is 15.1 Å². The molecule has 0 saturated carbocycles. The van der Waals surface area contributed by atoms with E-state index in [1.807, 2.05) is 30.3 Å². The average molecular weight is 428 g/mol. The molecule has 5 nitrogen and oxygen atoms in total. The lowest BCUT2D eigenvalue weighted by Crippen LogP contribution is -2.14. The number of nitrogens with one attached hydrogen (secondary N) is 2. The molecule has 134 valence electrons. The van der Waals surface area contributed by atoms with Gasteiger partial charge in [0.25, 0.3) is 0 Å². The molecule has 1 aromatic heterocycles. The molecule has 3 aromatic rings. The van der Waals surface area contributed by atoms with E-state index < -0.39 is 0 Å². The Morgan fingerprint density at radius 2 is 1.81 bits per heavy atom. The van der Waals surface area contributed by atoms with Crippen LogP contribution in [-0.4, -0.2) is 26.8 Å². The van der Waals surface area contributed by atoms with Crippen LogP contribution in [0, 0.1) is 0 Å². The highest BCUT2D eigenvalue weighted by Crippen LogP contribution is 2.33. The van der Waals surface area contributed by atoms with Crippen molar-refractivity contribution in [2.75, 3.05) is 11.1 Å². The lowest BCUT2D eigenvalue weighted by molar-refractivity contribution is -0.113. The highest BCUT2D eigenvalue weighted by molar-refractivity contribution is 7.99. The summed E-state index contributed by atoms with van der Waals surface area (Å²) in [6, 6.07) is 13.0. The van der Waals surface area contributed by atoms with Gasteiger partial charge in [0.05, 0.1) is 21.5 Å². The van der Waals surface area contributed by atoms with Crippen molar-refractivity contribution in [2.24, 2.45) is 0 Å². The first-order valence-corrected chi connectivity index (χ1v) is 9.65. The summed E-state index contributed by atoms with van der Waals surface area (Å²) >= 11 is 19.2. The third-order valence-electron chi connectivity index (χ3n) is 3.33. The van der Waals surface area contributed by atoms with Gasteiger partial charge in [0, 0.05) is 11.4 Å². The largest absolute Gasteiger partial charge is 0.323 e. The summed E-state index contributed by atoms with van der Waals surface area (Å²) in [6.07, 6.45) is 0.649. The molecule has 9 heteroatoms. The van der Waals surface area contributed by atoms with Gasteiger partial charge in [-0.15, -0.1) is 5.10 Å². The van der Waals surface area contributed by atoms with Crippen molar-refractivity contribution in [3.8, 4) is 0 Å². The Bertz CT molecular complexity index is 894. The summed E-state index contributed by atoms with van der Waals surface area (Å²) in [4.78, 5) is 16.5. The molecule has 0 radical (unpaired) electrons. The summed E-state index contributed by atoms with van der Waals surface area (Å²) in [6.45, 7) is 0. The van der Waals surface area contributed by atoms with Crippen molar-refractivity contribution in [3.63, 3.8) is 0 Å². The zero-order chi connectivity index (χ0) is 18.5. The monoisotopic (exact) mass is 426 g/mol. The molecule has 3 rings (SSSR count). The van der Waals surface area contributed by atoms with Gasteiger partial charge < -0.3 is 5.32 Å². The lowest BCUT2D eigenvalue weighted by atomic mass is 10.1. The van der Waals surface area contributed by atoms with Gasteiger partial charge in [-0.05, 0) is 17.7 Å². The number of anilines is 1. The van der Waals surface area contributed by atoms with Gasteiger partial charge in [0.15, 0.2) is 0 Å². The number of benzene rings is 2. The van der Waals surface area contributed by atoms with E-state index in [0.29, 0.717) is 22.3 Å². The summed E-state index contributed by atoms with van der Waals surface area (Å²) in [5, 5.41) is 11.1. The van der Waals surface area contributed by atoms with Crippen LogP contribution in [0.25, 0.3) is 0 Å². The van der Waals surface area contributed by atoms with Crippen molar-refractivity contribution in [2.45, 2.75) is 11.6 Å². The van der Waals surface area contributed by atoms with Crippen molar-refractivity contribution < 1.29 is 4.79 Å². The van der Waals surface area contributed by atoms with E-state index in [0.717, 1.165) is 11.4 Å². The zero-order valence-electron chi connectivity index (χ0n) is 13.3. The molecule has 0 saturated heterocycles. The predicted molar refractivity (Wildman–Crippen MR) is 106 cm³/mol. The number of nitrogens with zero attached hydrogens (tertiary/aromatic N) is 2. The molecule has 2 N–H and O–H groups in total. The number of carbonyl (C=O) groups is 1. The molecule has 0 aliphatic carbocycles. The maximum Gasteiger partial charge on any atom is 0.234 e. The fourth-order valence-electron chi connectivity index (χ4n) is 2.18. The standard InChI is InChI=1S/C17H13Cl3N4OS/c18-11-7-12(19)16(13(20)8-11)22-15(25)9-26-17-21-14(23-24-17)6-10-4-2-1-3-5-10/h1-5,7-8H,6,9H2,(H,22,25)(H,21,23,24). The first-order valence-electron chi connectivity index (χ1n) is 7.53. The van der Waals surface area contributed by atoms with E-state index in [4.69, 9.17) is 34.8 Å². The molecule has 0 unspecified atom stereocenters. The molecular formula is C17H13Cl3N4OS. The maximum absolute atomic E-state index is 12.1. The second-order valence-electron chi connectivity index (χ2n) is 5.31. The van der Waals surface area contributed by atoms with Crippen molar-refractivity contribution >= 4 is 58.2 Å². The van der Waals surface area contributed by atoms with Crippen LogP contribution in [0.5, 0.6) is 0 Å². The van der Waals surface area contributed by atoms with Crippen molar-refractivity contribution in [1.82, 2.24) is 15.2 Å². The minimum Gasteiger partial charge on any atom is -0.323 e. The molecule has 26 heavy (non-hydrogen) atoms. The molecule has 0 aliphatic heterocycles. The fourth-order valence-corrected chi connectivity index (χ4v) is 3.71. The number of hydrogen-bond donors (Lipinski definition) is 2. The molecular weight excluding hydrogens is 415 g/mol. The Morgan fingerprint density at radius 1 is 1.12 bits per heavy atom. The molecule has 2 aromatic carbocycles. The zero-order valence-corrected chi connectivity index (χ0v) is 16.4. The number of rotatable bonds is 6. The number of hydrogen-bond acceptors (Lipinski definition) is 4. The third kappa shape index (κ3) is 5.14. The number of halogens is 3. The van der Waals surface area contributed by atoms with E-state index in [-0.39, 0.29) is 21.7 Å². The maximum atomic E-state index is 12.1. The van der Waals surface area contributed by atoms with Gasteiger partial charge in [-0.2, -0.15) is 0 Å². The summed E-state index contributed by atoms with van der Waals surface area (Å²) < 4.78 is 0. The van der Waals surface area contributed by atoms with Crippen LogP contribution in [0.3, 0.4) is 0 Å². The second-order valence-corrected chi connectivity index (χ2v) is 7.50. The number of aromatic amines is 1. The quantitative estimate of drug-likeness (QED) is 0.538. The topological polar surface area (TPSA) is 70.7 Å². The minimum absolute atomic E-state index is 0.123. The Hall–Kier alpha value is -1.73. The van der Waals surface area contributed by atoms with E-state index in [2.05, 4.69) is 20.5 Å². The predicted octanol–water partition coefficient (Wildman–Crippen LogP) is 5.09. The van der Waals surface area contributed by atoms with Crippen LogP contribution >= 0.6 is 46.6 Å². The van der Waals surface area contributed by atoms with E-state index in [1.54, 1.807) is 0 Å². The van der Waals surface area contributed by atoms with Crippen LogP contribution in [0.4, 0.5) is 5.69 Å². The number of carbonyl (C=O) groups excluding carboxylic acids is 1. The molecule has 1 heterocycles. The first-order chi connectivity index (χ1) is 12.5. The number of amides is 1. The summed E-state index contributed by atoms with van der Waals surface area (Å²) in [5.74, 6) is 0.594. The SMILES string of the molecule is O=C(CSc1n[nH]c(Cc2ccccc2)n1)Nc1c(Cl)cc(Cl)cc1Cl. The van der Waals surface area contributed by atoms with Gasteiger partial charge in [-0.25, -0.2) is 4.98 Å². The third-order valence-corrected chi connectivity index (χ3v) is 4.99. The summed E-state index contributed by atoms with van der Waals surface area (Å²) in [5.41, 5.74) is 1.47. The van der Waals surface area contributed by atoms with Gasteiger partial charge in [0.1, 0.15) is 5.82 Å². The highest BCUT2D eigenvalue weighted by Gasteiger charge is 2.13. The molecule has 1 amide bonds. The molecule has 0 bridgehead atoms. The van der Waals surface area contributed by atoms with E-state index >= 15 is 0 Å². The Morgan fingerprint density at radius 3 is 2.50 bits per heavy atom. The lowest BCUT2D eigenvalue weighted by Gasteiger charge is -2.09. The minimum atomic E-state index is -0.268. The molecule has 0 atom stereocenters. The van der Waals surface area contributed by atoms with Gasteiger partial charge in [0.2, 0.25) is 11.1 Å². The normalized spacial score (nSPS) is 10.7. The van der Waals surface area contributed by atoms with Crippen LogP contribution in [0.1, 0.15) is 11.4 Å². The highest BCUT2D eigenvalue weighted by atomic mass is 35.5. The summed E-state index contributed by atoms with van der Waals surface area (Å²) in [7, 11) is 0. The number of aromatic nitrogens is 3. The fraction of sp³-hybridized carbons (Fsp3) is 0.118. The van der Waals surface area contributed by atoms with Crippen LogP contribution < -0.4 is 5.32 Å². The second kappa shape index (κ2) is 8.77. The molecule has 0 aliphatic rings. The van der Waals surface area contributed by atoms with Crippen LogP contribution in [-0.2, 0) is 11.2 Å². The van der Waals surface area contributed by atoms with Crippen molar-refractivity contribution in [3.05, 3.63) is 68.9 Å². The molecule has 0 spiro atoms. The average Bonchev–Trinajstić information content (AvgIpc) is 3.04. The number of H-pyrrole nitrogens is 1. The van der Waals surface area contributed by atoms with Gasteiger partial charge >= 0.3 is 0 Å². The Labute approximate surface area is 169 Å². The van der Waals surface area contributed by atoms with Gasteiger partial charge in [-0.3, -0.25) is 9.89 Å². The smallest absolute Gasteiger partial charge is 0.234 e. The number of thioether (sulfide) groups is 1. The van der Waals surface area contributed by atoms with E-state index in [1.165, 1.54) is 23.9 Å². The van der Waals surface area contributed by atoms with Gasteiger partial charge in [-0.1, -0.05) is 76.9 Å². The van der Waals surface area contributed by atoms with Crippen LogP contribution in [0.15, 0.2) is 47.6 Å². The Kier molecular flexibility index (Phi) is 6.43. The van der Waals surface area contributed by atoms with Crippen molar-refractivity contribution in [1.29, 1.82) is 0 Å². The van der Waals surface area contributed by atoms with E-state index in [9.17, 15) is 4.79 Å². The Balaban J connectivity index is 1.55. The molecule has 0 fully saturated rings. The first kappa shape index (κ1) is 19.0.